The van der Waals surface area contributed by atoms with Crippen LogP contribution in [0.2, 0.25) is 0 Å². The molecule has 0 unspecified atom stereocenters. The molecule has 0 bridgehead atoms. The SMILES string of the molecule is CNC(=O)c1ccc(NC(=O)CNC(=O)C2CCCCC2)cc1. The van der Waals surface area contributed by atoms with Gasteiger partial charge in [0.25, 0.3) is 5.91 Å². The quantitative estimate of drug-likeness (QED) is 0.772. The van der Waals surface area contributed by atoms with Gasteiger partial charge in [-0.25, -0.2) is 0 Å². The van der Waals surface area contributed by atoms with E-state index in [1.54, 1.807) is 31.3 Å². The summed E-state index contributed by atoms with van der Waals surface area (Å²) in [6.07, 6.45) is 5.18. The Morgan fingerprint density at radius 1 is 1.04 bits per heavy atom. The van der Waals surface area contributed by atoms with Crippen LogP contribution in [0.15, 0.2) is 24.3 Å². The van der Waals surface area contributed by atoms with Gasteiger partial charge in [-0.1, -0.05) is 19.3 Å². The third kappa shape index (κ3) is 5.09. The number of benzene rings is 1. The number of carbonyl (C=O) groups is 3. The van der Waals surface area contributed by atoms with Crippen LogP contribution in [0, 0.1) is 5.92 Å². The Balaban J connectivity index is 1.78. The second-order valence-corrected chi connectivity index (χ2v) is 5.76. The van der Waals surface area contributed by atoms with E-state index in [0.717, 1.165) is 25.7 Å². The highest BCUT2D eigenvalue weighted by Crippen LogP contribution is 2.23. The Kier molecular flexibility index (Phi) is 6.14. The maximum Gasteiger partial charge on any atom is 0.251 e. The van der Waals surface area contributed by atoms with E-state index >= 15 is 0 Å². The van der Waals surface area contributed by atoms with E-state index in [1.807, 2.05) is 0 Å². The molecule has 0 aliphatic heterocycles. The minimum Gasteiger partial charge on any atom is -0.355 e. The molecule has 23 heavy (non-hydrogen) atoms. The molecule has 3 amide bonds. The lowest BCUT2D eigenvalue weighted by Gasteiger charge is -2.20. The molecule has 1 saturated carbocycles. The molecule has 0 saturated heterocycles. The topological polar surface area (TPSA) is 87.3 Å². The predicted octanol–water partition coefficient (Wildman–Crippen LogP) is 1.68. The zero-order valence-corrected chi connectivity index (χ0v) is 13.4. The lowest BCUT2D eigenvalue weighted by atomic mass is 9.89. The number of amides is 3. The Morgan fingerprint density at radius 2 is 1.70 bits per heavy atom. The highest BCUT2D eigenvalue weighted by atomic mass is 16.2. The smallest absolute Gasteiger partial charge is 0.251 e. The molecular formula is C17H23N3O3. The number of anilines is 1. The van der Waals surface area contributed by atoms with E-state index in [2.05, 4.69) is 16.0 Å². The van der Waals surface area contributed by atoms with E-state index < -0.39 is 0 Å². The summed E-state index contributed by atoms with van der Waals surface area (Å²) in [5, 5.41) is 7.93. The van der Waals surface area contributed by atoms with Gasteiger partial charge in [0.15, 0.2) is 0 Å². The molecule has 1 aliphatic carbocycles. The molecule has 0 radical (unpaired) electrons. The molecule has 6 nitrogen and oxygen atoms in total. The summed E-state index contributed by atoms with van der Waals surface area (Å²) < 4.78 is 0. The molecule has 0 aromatic heterocycles. The first-order valence-corrected chi connectivity index (χ1v) is 8.00. The summed E-state index contributed by atoms with van der Waals surface area (Å²) in [7, 11) is 1.56. The van der Waals surface area contributed by atoms with Crippen LogP contribution < -0.4 is 16.0 Å². The van der Waals surface area contributed by atoms with Gasteiger partial charge in [0, 0.05) is 24.2 Å². The monoisotopic (exact) mass is 317 g/mol. The van der Waals surface area contributed by atoms with Crippen molar-refractivity contribution in [1.29, 1.82) is 0 Å². The lowest BCUT2D eigenvalue weighted by Crippen LogP contribution is -2.37. The van der Waals surface area contributed by atoms with Gasteiger partial charge in [-0.2, -0.15) is 0 Å². The second kappa shape index (κ2) is 8.31. The maximum absolute atomic E-state index is 12.0. The van der Waals surface area contributed by atoms with E-state index in [-0.39, 0.29) is 30.2 Å². The zero-order valence-electron chi connectivity index (χ0n) is 13.4. The Morgan fingerprint density at radius 3 is 2.30 bits per heavy atom. The Labute approximate surface area is 136 Å². The van der Waals surface area contributed by atoms with Gasteiger partial charge in [-0.05, 0) is 37.1 Å². The molecular weight excluding hydrogens is 294 g/mol. The van der Waals surface area contributed by atoms with Crippen molar-refractivity contribution < 1.29 is 14.4 Å². The van der Waals surface area contributed by atoms with Crippen molar-refractivity contribution in [2.45, 2.75) is 32.1 Å². The molecule has 1 aliphatic rings. The summed E-state index contributed by atoms with van der Waals surface area (Å²) in [4.78, 5) is 35.3. The second-order valence-electron chi connectivity index (χ2n) is 5.76. The van der Waals surface area contributed by atoms with Gasteiger partial charge in [0.2, 0.25) is 11.8 Å². The van der Waals surface area contributed by atoms with Crippen molar-refractivity contribution in [2.75, 3.05) is 18.9 Å². The molecule has 1 fully saturated rings. The molecule has 0 spiro atoms. The average Bonchev–Trinajstić information content (AvgIpc) is 2.60. The third-order valence-electron chi connectivity index (χ3n) is 4.06. The van der Waals surface area contributed by atoms with Gasteiger partial charge in [-0.15, -0.1) is 0 Å². The van der Waals surface area contributed by atoms with Gasteiger partial charge in [0.05, 0.1) is 6.54 Å². The molecule has 1 aromatic rings. The van der Waals surface area contributed by atoms with Gasteiger partial charge < -0.3 is 16.0 Å². The standard InChI is InChI=1S/C17H23N3O3/c1-18-16(22)13-7-9-14(10-8-13)20-15(21)11-19-17(23)12-5-3-2-4-6-12/h7-10,12H,2-6,11H2,1H3,(H,18,22)(H,19,23)(H,20,21). The number of rotatable bonds is 5. The first-order valence-electron chi connectivity index (χ1n) is 8.00. The van der Waals surface area contributed by atoms with Crippen LogP contribution in [0.4, 0.5) is 5.69 Å². The van der Waals surface area contributed by atoms with Crippen molar-refractivity contribution in [2.24, 2.45) is 5.92 Å². The Bertz CT molecular complexity index is 563. The van der Waals surface area contributed by atoms with E-state index in [0.29, 0.717) is 11.3 Å². The molecule has 0 atom stereocenters. The van der Waals surface area contributed by atoms with E-state index in [9.17, 15) is 14.4 Å². The number of hydrogen-bond acceptors (Lipinski definition) is 3. The fraction of sp³-hybridized carbons (Fsp3) is 0.471. The minimum atomic E-state index is -0.276. The summed E-state index contributed by atoms with van der Waals surface area (Å²) >= 11 is 0. The van der Waals surface area contributed by atoms with Crippen LogP contribution in [-0.4, -0.2) is 31.3 Å². The summed E-state index contributed by atoms with van der Waals surface area (Å²) in [6.45, 7) is -0.0352. The summed E-state index contributed by atoms with van der Waals surface area (Å²) in [6, 6.07) is 6.58. The molecule has 6 heteroatoms. The van der Waals surface area contributed by atoms with Crippen molar-refractivity contribution >= 4 is 23.4 Å². The van der Waals surface area contributed by atoms with Crippen molar-refractivity contribution in [3.05, 3.63) is 29.8 Å². The molecule has 124 valence electrons. The molecule has 3 N–H and O–H groups in total. The van der Waals surface area contributed by atoms with Crippen molar-refractivity contribution in [3.8, 4) is 0 Å². The van der Waals surface area contributed by atoms with Crippen LogP contribution in [0.1, 0.15) is 42.5 Å². The zero-order chi connectivity index (χ0) is 16.7. The average molecular weight is 317 g/mol. The van der Waals surface area contributed by atoms with Gasteiger partial charge in [0.1, 0.15) is 0 Å². The van der Waals surface area contributed by atoms with E-state index in [4.69, 9.17) is 0 Å². The van der Waals surface area contributed by atoms with Gasteiger partial charge >= 0.3 is 0 Å². The highest BCUT2D eigenvalue weighted by molar-refractivity contribution is 5.97. The first-order chi connectivity index (χ1) is 11.1. The highest BCUT2D eigenvalue weighted by Gasteiger charge is 2.21. The number of nitrogens with one attached hydrogen (secondary N) is 3. The third-order valence-corrected chi connectivity index (χ3v) is 4.06. The van der Waals surface area contributed by atoms with Crippen LogP contribution in [0.3, 0.4) is 0 Å². The van der Waals surface area contributed by atoms with Crippen LogP contribution >= 0.6 is 0 Å². The fourth-order valence-electron chi connectivity index (χ4n) is 2.73. The minimum absolute atomic E-state index is 0.0326. The van der Waals surface area contributed by atoms with Crippen LogP contribution in [0.25, 0.3) is 0 Å². The first kappa shape index (κ1) is 17.0. The molecule has 2 rings (SSSR count). The Hall–Kier alpha value is -2.37. The lowest BCUT2D eigenvalue weighted by molar-refractivity contribution is -0.128. The van der Waals surface area contributed by atoms with Crippen molar-refractivity contribution in [3.63, 3.8) is 0 Å². The summed E-state index contributed by atoms with van der Waals surface area (Å²) in [5.74, 6) is -0.442. The summed E-state index contributed by atoms with van der Waals surface area (Å²) in [5.41, 5.74) is 1.12. The number of carbonyl (C=O) groups excluding carboxylic acids is 3. The molecule has 1 aromatic carbocycles. The van der Waals surface area contributed by atoms with Crippen molar-refractivity contribution in [1.82, 2.24) is 10.6 Å². The number of hydrogen-bond donors (Lipinski definition) is 3. The predicted molar refractivity (Wildman–Crippen MR) is 88.0 cm³/mol. The van der Waals surface area contributed by atoms with Crippen LogP contribution in [0.5, 0.6) is 0 Å². The largest absolute Gasteiger partial charge is 0.355 e. The fourth-order valence-corrected chi connectivity index (χ4v) is 2.73. The van der Waals surface area contributed by atoms with E-state index in [1.165, 1.54) is 6.42 Å². The molecule has 0 heterocycles. The normalized spacial score (nSPS) is 14.8. The maximum atomic E-state index is 12.0. The van der Waals surface area contributed by atoms with Crippen LogP contribution in [-0.2, 0) is 9.59 Å². The van der Waals surface area contributed by atoms with Gasteiger partial charge in [-0.3, -0.25) is 14.4 Å².